The van der Waals surface area contributed by atoms with Crippen LogP contribution in [0, 0.1) is 0 Å². The van der Waals surface area contributed by atoms with Gasteiger partial charge in [-0.25, -0.2) is 0 Å². The van der Waals surface area contributed by atoms with Crippen molar-refractivity contribution < 1.29 is 17.9 Å². The summed E-state index contributed by atoms with van der Waals surface area (Å²) in [7, 11) is 0. The van der Waals surface area contributed by atoms with Gasteiger partial charge in [-0.1, -0.05) is 0 Å². The summed E-state index contributed by atoms with van der Waals surface area (Å²) in [5.41, 5.74) is 0. The van der Waals surface area contributed by atoms with Gasteiger partial charge in [0.1, 0.15) is 0 Å². The average molecular weight is 143 g/mol. The van der Waals surface area contributed by atoms with Crippen LogP contribution in [0.15, 0.2) is 6.08 Å². The van der Waals surface area contributed by atoms with Crippen molar-refractivity contribution in [2.75, 3.05) is 0 Å². The Morgan fingerprint density at radius 3 is 2.25 bits per heavy atom. The Balaban J connectivity index is 3.11. The molecule has 25 valence electrons. The number of allylic oxidation sites excluding steroid dienone is 1. The van der Waals surface area contributed by atoms with Crippen molar-refractivity contribution in [3.8, 4) is 0 Å². The molecular formula is C3H4Rh. The maximum absolute atomic E-state index is 2.70. The summed E-state index contributed by atoms with van der Waals surface area (Å²) >= 11 is 2.50. The Bertz CT molecular complexity index is 41.2. The Labute approximate surface area is 35.7 Å². The topological polar surface area (TPSA) is 0 Å². The molecule has 0 aliphatic heterocycles. The molecule has 0 radical (unpaired) electrons. The summed E-state index contributed by atoms with van der Waals surface area (Å²) in [4.78, 5) is 0. The van der Waals surface area contributed by atoms with Crippen LogP contribution in [0.1, 0.15) is 6.92 Å². The van der Waals surface area contributed by atoms with Crippen molar-refractivity contribution in [1.82, 2.24) is 0 Å². The van der Waals surface area contributed by atoms with Gasteiger partial charge >= 0.3 is 35.1 Å². The summed E-state index contributed by atoms with van der Waals surface area (Å²) < 4.78 is 2.70. The van der Waals surface area contributed by atoms with Crippen molar-refractivity contribution >= 4 is 4.26 Å². The number of rotatable bonds is 0. The standard InChI is InChI=1S/C3H4.Rh/c1-3-2;/h3H,1H3;. The summed E-state index contributed by atoms with van der Waals surface area (Å²) in [6.07, 6.45) is 1.83. The van der Waals surface area contributed by atoms with Crippen LogP contribution in [0.4, 0.5) is 0 Å². The zero-order valence-corrected chi connectivity index (χ0v) is 4.05. The molecule has 0 N–H and O–H groups in total. The van der Waals surface area contributed by atoms with Gasteiger partial charge in [0.05, 0.1) is 0 Å². The molecule has 0 unspecified atom stereocenters. The van der Waals surface area contributed by atoms with E-state index in [0.29, 0.717) is 0 Å². The van der Waals surface area contributed by atoms with E-state index in [9.17, 15) is 0 Å². The van der Waals surface area contributed by atoms with E-state index in [1.807, 2.05) is 13.0 Å². The monoisotopic (exact) mass is 143 g/mol. The second kappa shape index (κ2) is 3.27. The molecule has 0 rings (SSSR count). The Morgan fingerprint density at radius 1 is 2.00 bits per heavy atom. The molecule has 0 heterocycles. The molecule has 0 spiro atoms. The molecule has 0 aromatic heterocycles. The van der Waals surface area contributed by atoms with E-state index in [0.717, 1.165) is 0 Å². The zero-order chi connectivity index (χ0) is 3.41. The Kier molecular flexibility index (Phi) is 3.50. The van der Waals surface area contributed by atoms with Crippen molar-refractivity contribution in [3.63, 3.8) is 0 Å². The second-order valence-electron chi connectivity index (χ2n) is 0.385. The van der Waals surface area contributed by atoms with E-state index in [4.69, 9.17) is 0 Å². The van der Waals surface area contributed by atoms with E-state index < -0.39 is 0 Å². The SMILES string of the molecule is CC=[C]=[Rh]. The average Bonchev–Trinajstić information content (AvgIpc) is 1.37. The summed E-state index contributed by atoms with van der Waals surface area (Å²) in [6.45, 7) is 1.92. The van der Waals surface area contributed by atoms with Gasteiger partial charge in [0, 0.05) is 0 Å². The molecular weight excluding hydrogens is 139 g/mol. The molecule has 0 aliphatic carbocycles. The minimum absolute atomic E-state index is 1.83. The molecule has 0 saturated carbocycles. The molecule has 1 heteroatoms. The van der Waals surface area contributed by atoms with E-state index in [-0.39, 0.29) is 0 Å². The first-order valence-corrected chi connectivity index (χ1v) is 1.85. The maximum atomic E-state index is 2.70. The first-order valence-electron chi connectivity index (χ1n) is 1.03. The molecule has 0 aromatic carbocycles. The van der Waals surface area contributed by atoms with Gasteiger partial charge < -0.3 is 0 Å². The normalized spacial score (nSPS) is 4.50. The van der Waals surface area contributed by atoms with E-state index in [1.54, 1.807) is 0 Å². The molecule has 0 atom stereocenters. The Hall–Kier alpha value is 0.273. The quantitative estimate of drug-likeness (QED) is 0.433. The van der Waals surface area contributed by atoms with Crippen LogP contribution in [0.5, 0.6) is 0 Å². The molecule has 0 amide bonds. The predicted molar refractivity (Wildman–Crippen MR) is 15.3 cm³/mol. The van der Waals surface area contributed by atoms with Crippen LogP contribution in [0.25, 0.3) is 0 Å². The molecule has 0 aliphatic rings. The summed E-state index contributed by atoms with van der Waals surface area (Å²) in [6, 6.07) is 0. The molecule has 4 heavy (non-hydrogen) atoms. The third-order valence-corrected chi connectivity index (χ3v) is 0.569. The van der Waals surface area contributed by atoms with Crippen LogP contribution < -0.4 is 0 Å². The van der Waals surface area contributed by atoms with Gasteiger partial charge in [-0.05, 0) is 0 Å². The fraction of sp³-hybridized carbons (Fsp3) is 0.333. The van der Waals surface area contributed by atoms with Gasteiger partial charge in [0.25, 0.3) is 0 Å². The van der Waals surface area contributed by atoms with E-state index in [2.05, 4.69) is 22.1 Å². The van der Waals surface area contributed by atoms with Crippen LogP contribution >= 0.6 is 0 Å². The Morgan fingerprint density at radius 2 is 2.25 bits per heavy atom. The van der Waals surface area contributed by atoms with Gasteiger partial charge in [-0.15, -0.1) is 0 Å². The van der Waals surface area contributed by atoms with Gasteiger partial charge in [-0.2, -0.15) is 0 Å². The number of hydrogen-bond donors (Lipinski definition) is 0. The third kappa shape index (κ3) is 2.27. The predicted octanol–water partition coefficient (Wildman–Crippen LogP) is 0.510. The first kappa shape index (κ1) is 4.27. The van der Waals surface area contributed by atoms with Crippen molar-refractivity contribution in [1.29, 1.82) is 0 Å². The van der Waals surface area contributed by atoms with Crippen molar-refractivity contribution in [3.05, 3.63) is 6.08 Å². The molecule has 0 fully saturated rings. The molecule has 0 nitrogen and oxygen atoms in total. The van der Waals surface area contributed by atoms with Gasteiger partial charge in [-0.3, -0.25) is 0 Å². The fourth-order valence-electron chi connectivity index (χ4n) is 0. The van der Waals surface area contributed by atoms with Gasteiger partial charge in [0.2, 0.25) is 0 Å². The third-order valence-electron chi connectivity index (χ3n) is 0.0962. The minimum atomic E-state index is 1.83. The summed E-state index contributed by atoms with van der Waals surface area (Å²) in [5.74, 6) is 0. The fourth-order valence-corrected chi connectivity index (χ4v) is 0. The molecule has 0 saturated heterocycles. The second-order valence-corrected chi connectivity index (χ2v) is 0.858. The number of hydrogen-bond acceptors (Lipinski definition) is 0. The first-order chi connectivity index (χ1) is 1.91. The van der Waals surface area contributed by atoms with Crippen molar-refractivity contribution in [2.45, 2.75) is 6.92 Å². The molecule has 0 aromatic rings. The van der Waals surface area contributed by atoms with Crippen LogP contribution in [-0.2, 0) is 17.9 Å². The zero-order valence-electron chi connectivity index (χ0n) is 2.41. The van der Waals surface area contributed by atoms with Crippen LogP contribution in [0.2, 0.25) is 0 Å². The van der Waals surface area contributed by atoms with Crippen molar-refractivity contribution in [2.24, 2.45) is 0 Å². The van der Waals surface area contributed by atoms with Crippen LogP contribution in [0.3, 0.4) is 0 Å². The van der Waals surface area contributed by atoms with E-state index >= 15 is 0 Å². The van der Waals surface area contributed by atoms with Gasteiger partial charge in [0.15, 0.2) is 0 Å². The molecule has 0 bridgehead atoms. The van der Waals surface area contributed by atoms with Crippen LogP contribution in [-0.4, -0.2) is 4.26 Å². The van der Waals surface area contributed by atoms with E-state index in [1.165, 1.54) is 0 Å². The summed E-state index contributed by atoms with van der Waals surface area (Å²) in [5, 5.41) is 0.